The van der Waals surface area contributed by atoms with Gasteiger partial charge in [-0.1, -0.05) is 29.8 Å². The van der Waals surface area contributed by atoms with E-state index < -0.39 is 5.82 Å². The molecule has 0 aliphatic heterocycles. The van der Waals surface area contributed by atoms with E-state index >= 15 is 0 Å². The molecular weight excluding hydrogens is 229 g/mol. The molecule has 1 aromatic heterocycles. The fraction of sp³-hybridized carbons (Fsp3) is 0.0833. The first-order valence-electron chi connectivity index (χ1n) is 4.76. The predicted octanol–water partition coefficient (Wildman–Crippen LogP) is 2.69. The summed E-state index contributed by atoms with van der Waals surface area (Å²) in [4.78, 5) is 11.4. The van der Waals surface area contributed by atoms with Gasteiger partial charge in [0.15, 0.2) is 0 Å². The molecule has 2 nitrogen and oxygen atoms in total. The van der Waals surface area contributed by atoms with Crippen LogP contribution in [-0.2, 0) is 6.54 Å². The van der Waals surface area contributed by atoms with Crippen LogP contribution in [0.15, 0.2) is 47.4 Å². The summed E-state index contributed by atoms with van der Waals surface area (Å²) in [5.41, 5.74) is 0.540. The zero-order valence-electron chi connectivity index (χ0n) is 8.36. The fourth-order valence-electron chi connectivity index (χ4n) is 1.44. The average Bonchev–Trinajstić information content (AvgIpc) is 2.27. The molecule has 0 amide bonds. The standard InChI is InChI=1S/C12H9ClFNO/c13-11-4-2-1-3-9(11)7-15-8-10(14)5-6-12(15)16/h1-6,8H,7H2. The predicted molar refractivity (Wildman–Crippen MR) is 61.2 cm³/mol. The molecular formula is C12H9ClFNO. The SMILES string of the molecule is O=c1ccc(F)cn1Cc1ccccc1Cl. The minimum absolute atomic E-state index is 0.249. The van der Waals surface area contributed by atoms with E-state index in [1.165, 1.54) is 16.8 Å². The van der Waals surface area contributed by atoms with Crippen molar-refractivity contribution in [3.8, 4) is 0 Å². The molecule has 0 aliphatic rings. The Hall–Kier alpha value is -1.61. The summed E-state index contributed by atoms with van der Waals surface area (Å²) < 4.78 is 14.2. The molecule has 0 radical (unpaired) electrons. The zero-order valence-corrected chi connectivity index (χ0v) is 9.12. The maximum atomic E-state index is 13.0. The van der Waals surface area contributed by atoms with Gasteiger partial charge in [-0.25, -0.2) is 4.39 Å². The van der Waals surface area contributed by atoms with E-state index in [4.69, 9.17) is 11.6 Å². The largest absolute Gasteiger partial charge is 0.308 e. The quantitative estimate of drug-likeness (QED) is 0.787. The molecule has 0 saturated carbocycles. The lowest BCUT2D eigenvalue weighted by Crippen LogP contribution is -2.19. The Morgan fingerprint density at radius 3 is 2.69 bits per heavy atom. The van der Waals surface area contributed by atoms with Crippen LogP contribution in [0.2, 0.25) is 5.02 Å². The van der Waals surface area contributed by atoms with Gasteiger partial charge in [0.2, 0.25) is 0 Å². The van der Waals surface area contributed by atoms with Crippen LogP contribution in [0.25, 0.3) is 0 Å². The third-order valence-electron chi connectivity index (χ3n) is 2.25. The average molecular weight is 238 g/mol. The Labute approximate surface area is 96.9 Å². The number of hydrogen-bond donors (Lipinski definition) is 0. The number of halogens is 2. The summed E-state index contributed by atoms with van der Waals surface area (Å²) in [5.74, 6) is -0.438. The summed E-state index contributed by atoms with van der Waals surface area (Å²) in [5, 5.41) is 0.568. The van der Waals surface area contributed by atoms with Crippen molar-refractivity contribution < 1.29 is 4.39 Å². The Balaban J connectivity index is 2.38. The normalized spacial score (nSPS) is 10.4. The van der Waals surface area contributed by atoms with E-state index in [2.05, 4.69) is 0 Å². The molecule has 0 aliphatic carbocycles. The van der Waals surface area contributed by atoms with Crippen LogP contribution >= 0.6 is 11.6 Å². The van der Waals surface area contributed by atoms with Crippen LogP contribution in [0.3, 0.4) is 0 Å². The number of hydrogen-bond acceptors (Lipinski definition) is 1. The van der Waals surface area contributed by atoms with Gasteiger partial charge in [0, 0.05) is 17.3 Å². The highest BCUT2D eigenvalue weighted by atomic mass is 35.5. The van der Waals surface area contributed by atoms with Crippen molar-refractivity contribution in [3.63, 3.8) is 0 Å². The van der Waals surface area contributed by atoms with Gasteiger partial charge in [-0.2, -0.15) is 0 Å². The van der Waals surface area contributed by atoms with E-state index in [1.54, 1.807) is 18.2 Å². The first kappa shape index (κ1) is 10.9. The monoisotopic (exact) mass is 237 g/mol. The second-order valence-corrected chi connectivity index (χ2v) is 3.81. The van der Waals surface area contributed by atoms with Gasteiger partial charge in [0.25, 0.3) is 5.56 Å². The molecule has 0 saturated heterocycles. The molecule has 0 bridgehead atoms. The van der Waals surface area contributed by atoms with E-state index in [1.807, 2.05) is 6.07 Å². The van der Waals surface area contributed by atoms with Gasteiger partial charge < -0.3 is 4.57 Å². The summed E-state index contributed by atoms with van der Waals surface area (Å²) in [6, 6.07) is 9.52. The smallest absolute Gasteiger partial charge is 0.251 e. The minimum atomic E-state index is -0.438. The Morgan fingerprint density at radius 1 is 1.19 bits per heavy atom. The highest BCUT2D eigenvalue weighted by Gasteiger charge is 2.02. The highest BCUT2D eigenvalue weighted by Crippen LogP contribution is 2.15. The molecule has 0 N–H and O–H groups in total. The maximum Gasteiger partial charge on any atom is 0.251 e. The van der Waals surface area contributed by atoms with E-state index in [-0.39, 0.29) is 12.1 Å². The second kappa shape index (κ2) is 4.49. The minimum Gasteiger partial charge on any atom is -0.308 e. The first-order valence-corrected chi connectivity index (χ1v) is 5.14. The van der Waals surface area contributed by atoms with Crippen LogP contribution in [0, 0.1) is 5.82 Å². The number of benzene rings is 1. The molecule has 1 aromatic carbocycles. The van der Waals surface area contributed by atoms with E-state index in [9.17, 15) is 9.18 Å². The molecule has 4 heteroatoms. The Bertz CT molecular complexity index is 565. The van der Waals surface area contributed by atoms with Gasteiger partial charge in [0.1, 0.15) is 5.82 Å². The molecule has 16 heavy (non-hydrogen) atoms. The third kappa shape index (κ3) is 2.31. The van der Waals surface area contributed by atoms with Gasteiger partial charge in [-0.15, -0.1) is 0 Å². The van der Waals surface area contributed by atoms with Gasteiger partial charge >= 0.3 is 0 Å². The van der Waals surface area contributed by atoms with Crippen LogP contribution in [-0.4, -0.2) is 4.57 Å². The van der Waals surface area contributed by atoms with Crippen molar-refractivity contribution in [2.45, 2.75) is 6.54 Å². The lowest BCUT2D eigenvalue weighted by atomic mass is 10.2. The Morgan fingerprint density at radius 2 is 1.94 bits per heavy atom. The number of aromatic nitrogens is 1. The van der Waals surface area contributed by atoms with Crippen molar-refractivity contribution in [1.29, 1.82) is 0 Å². The van der Waals surface area contributed by atoms with Crippen LogP contribution in [0.5, 0.6) is 0 Å². The van der Waals surface area contributed by atoms with Crippen LogP contribution in [0.4, 0.5) is 4.39 Å². The maximum absolute atomic E-state index is 13.0. The molecule has 0 fully saturated rings. The number of nitrogens with zero attached hydrogens (tertiary/aromatic N) is 1. The molecule has 2 aromatic rings. The van der Waals surface area contributed by atoms with E-state index in [0.29, 0.717) is 5.02 Å². The summed E-state index contributed by atoms with van der Waals surface area (Å²) in [6.07, 6.45) is 1.17. The van der Waals surface area contributed by atoms with Crippen molar-refractivity contribution in [3.05, 3.63) is 69.4 Å². The lowest BCUT2D eigenvalue weighted by molar-refractivity contribution is 0.595. The summed E-state index contributed by atoms with van der Waals surface area (Å²) in [6.45, 7) is 0.274. The van der Waals surface area contributed by atoms with Crippen molar-refractivity contribution in [1.82, 2.24) is 4.57 Å². The molecule has 2 rings (SSSR count). The number of pyridine rings is 1. The zero-order chi connectivity index (χ0) is 11.5. The first-order chi connectivity index (χ1) is 7.66. The topological polar surface area (TPSA) is 22.0 Å². The van der Waals surface area contributed by atoms with Crippen LogP contribution < -0.4 is 5.56 Å². The van der Waals surface area contributed by atoms with Crippen molar-refractivity contribution in [2.75, 3.05) is 0 Å². The molecule has 1 heterocycles. The lowest BCUT2D eigenvalue weighted by Gasteiger charge is -2.06. The third-order valence-corrected chi connectivity index (χ3v) is 2.61. The summed E-state index contributed by atoms with van der Waals surface area (Å²) in [7, 11) is 0. The van der Waals surface area contributed by atoms with Crippen LogP contribution in [0.1, 0.15) is 5.56 Å². The van der Waals surface area contributed by atoms with E-state index in [0.717, 1.165) is 11.6 Å². The highest BCUT2D eigenvalue weighted by molar-refractivity contribution is 6.31. The second-order valence-electron chi connectivity index (χ2n) is 3.40. The van der Waals surface area contributed by atoms with Gasteiger partial charge in [-0.3, -0.25) is 4.79 Å². The van der Waals surface area contributed by atoms with Crippen molar-refractivity contribution in [2.24, 2.45) is 0 Å². The van der Waals surface area contributed by atoms with Gasteiger partial charge in [0.05, 0.1) is 6.54 Å². The number of rotatable bonds is 2. The molecule has 82 valence electrons. The molecule has 0 unspecified atom stereocenters. The van der Waals surface area contributed by atoms with Gasteiger partial charge in [-0.05, 0) is 17.7 Å². The fourth-order valence-corrected chi connectivity index (χ4v) is 1.63. The molecule has 0 atom stereocenters. The summed E-state index contributed by atoms with van der Waals surface area (Å²) >= 11 is 5.96. The van der Waals surface area contributed by atoms with Crippen molar-refractivity contribution >= 4 is 11.6 Å². The molecule has 0 spiro atoms. The Kier molecular flexibility index (Phi) is 3.06.